The summed E-state index contributed by atoms with van der Waals surface area (Å²) >= 11 is 0. The third kappa shape index (κ3) is 4.45. The molecule has 3 nitrogen and oxygen atoms in total. The molecule has 2 aliphatic rings. The third-order valence-corrected chi connectivity index (χ3v) is 4.44. The van der Waals surface area contributed by atoms with Crippen LogP contribution in [-0.4, -0.2) is 36.2 Å². The molecule has 2 saturated carbocycles. The fourth-order valence-electron chi connectivity index (χ4n) is 2.94. The van der Waals surface area contributed by atoms with Gasteiger partial charge in [0.2, 0.25) is 0 Å². The summed E-state index contributed by atoms with van der Waals surface area (Å²) in [7, 11) is 0. The van der Waals surface area contributed by atoms with E-state index in [-0.39, 0.29) is 0 Å². The average Bonchev–Trinajstić information content (AvgIpc) is 3.36. The van der Waals surface area contributed by atoms with Crippen molar-refractivity contribution in [3.05, 3.63) is 29.8 Å². The van der Waals surface area contributed by atoms with Crippen LogP contribution in [0.1, 0.15) is 44.3 Å². The Morgan fingerprint density at radius 2 is 1.76 bits per heavy atom. The standard InChI is InChI=1S/C18H27NO2/c1-2-21-18-6-4-3-5-16(18)17(20)13-19(11-14-7-8-14)12-15-9-10-15/h3-6,14-15,17,20H,2,7-13H2,1H3. The molecule has 1 aromatic carbocycles. The van der Waals surface area contributed by atoms with Gasteiger partial charge >= 0.3 is 0 Å². The Morgan fingerprint density at radius 1 is 1.14 bits per heavy atom. The first kappa shape index (κ1) is 14.9. The molecule has 1 N–H and O–H groups in total. The van der Waals surface area contributed by atoms with Gasteiger partial charge in [-0.05, 0) is 50.5 Å². The number of aliphatic hydroxyl groups excluding tert-OH is 1. The lowest BCUT2D eigenvalue weighted by molar-refractivity contribution is 0.104. The number of ether oxygens (including phenoxy) is 1. The first-order valence-corrected chi connectivity index (χ1v) is 8.38. The summed E-state index contributed by atoms with van der Waals surface area (Å²) in [5.41, 5.74) is 0.927. The molecule has 0 spiro atoms. The molecule has 1 atom stereocenters. The highest BCUT2D eigenvalue weighted by molar-refractivity contribution is 5.35. The zero-order chi connectivity index (χ0) is 14.7. The number of para-hydroxylation sites is 1. The second kappa shape index (κ2) is 6.80. The van der Waals surface area contributed by atoms with Gasteiger partial charge in [-0.2, -0.15) is 0 Å². The summed E-state index contributed by atoms with van der Waals surface area (Å²) < 4.78 is 5.65. The summed E-state index contributed by atoms with van der Waals surface area (Å²) in [5.74, 6) is 2.57. The second-order valence-electron chi connectivity index (χ2n) is 6.59. The van der Waals surface area contributed by atoms with Crippen LogP contribution in [0.5, 0.6) is 5.75 Å². The number of hydrogen-bond donors (Lipinski definition) is 1. The molecule has 21 heavy (non-hydrogen) atoms. The van der Waals surface area contributed by atoms with Crippen LogP contribution >= 0.6 is 0 Å². The largest absolute Gasteiger partial charge is 0.493 e. The highest BCUT2D eigenvalue weighted by atomic mass is 16.5. The molecular formula is C18H27NO2. The quantitative estimate of drug-likeness (QED) is 0.757. The van der Waals surface area contributed by atoms with E-state index < -0.39 is 6.10 Å². The van der Waals surface area contributed by atoms with Crippen molar-refractivity contribution in [1.82, 2.24) is 4.90 Å². The normalized spacial score (nSPS) is 19.8. The molecule has 3 rings (SSSR count). The molecule has 0 saturated heterocycles. The van der Waals surface area contributed by atoms with E-state index in [2.05, 4.69) is 4.90 Å². The topological polar surface area (TPSA) is 32.7 Å². The highest BCUT2D eigenvalue weighted by Crippen LogP contribution is 2.35. The molecule has 116 valence electrons. The SMILES string of the molecule is CCOc1ccccc1C(O)CN(CC1CC1)CC1CC1. The van der Waals surface area contributed by atoms with Crippen molar-refractivity contribution in [1.29, 1.82) is 0 Å². The molecule has 0 bridgehead atoms. The maximum atomic E-state index is 10.6. The smallest absolute Gasteiger partial charge is 0.125 e. The lowest BCUT2D eigenvalue weighted by atomic mass is 10.1. The maximum Gasteiger partial charge on any atom is 0.125 e. The number of aliphatic hydroxyl groups is 1. The molecule has 2 fully saturated rings. The molecule has 3 heteroatoms. The molecule has 1 unspecified atom stereocenters. The number of hydrogen-bond acceptors (Lipinski definition) is 3. The Morgan fingerprint density at radius 3 is 2.33 bits per heavy atom. The summed E-state index contributed by atoms with van der Waals surface area (Å²) in [4.78, 5) is 2.47. The first-order valence-electron chi connectivity index (χ1n) is 8.38. The Kier molecular flexibility index (Phi) is 4.81. The first-order chi connectivity index (χ1) is 10.3. The van der Waals surface area contributed by atoms with Gasteiger partial charge in [-0.1, -0.05) is 18.2 Å². The van der Waals surface area contributed by atoms with Gasteiger partial charge in [-0.3, -0.25) is 4.90 Å². The van der Waals surface area contributed by atoms with Crippen LogP contribution in [-0.2, 0) is 0 Å². The Labute approximate surface area is 127 Å². The van der Waals surface area contributed by atoms with Crippen molar-refractivity contribution in [3.63, 3.8) is 0 Å². The van der Waals surface area contributed by atoms with E-state index in [1.807, 2.05) is 31.2 Å². The van der Waals surface area contributed by atoms with Crippen LogP contribution in [0, 0.1) is 11.8 Å². The van der Waals surface area contributed by atoms with Crippen molar-refractivity contribution in [3.8, 4) is 5.75 Å². The molecule has 0 aliphatic heterocycles. The Hall–Kier alpha value is -1.06. The minimum Gasteiger partial charge on any atom is -0.493 e. The lowest BCUT2D eigenvalue weighted by Crippen LogP contribution is -2.32. The number of rotatable bonds is 9. The third-order valence-electron chi connectivity index (χ3n) is 4.44. The van der Waals surface area contributed by atoms with Crippen molar-refractivity contribution < 1.29 is 9.84 Å². The van der Waals surface area contributed by atoms with E-state index in [0.29, 0.717) is 6.61 Å². The van der Waals surface area contributed by atoms with Crippen molar-refractivity contribution >= 4 is 0 Å². The summed E-state index contributed by atoms with van der Waals surface area (Å²) in [6.07, 6.45) is 5.02. The van der Waals surface area contributed by atoms with E-state index in [1.165, 1.54) is 25.7 Å². The van der Waals surface area contributed by atoms with Gasteiger partial charge in [0.25, 0.3) is 0 Å². The summed E-state index contributed by atoms with van der Waals surface area (Å²) in [5, 5.41) is 10.6. The minimum atomic E-state index is -0.453. The van der Waals surface area contributed by atoms with E-state index in [1.54, 1.807) is 0 Å². The fraction of sp³-hybridized carbons (Fsp3) is 0.667. The van der Waals surface area contributed by atoms with E-state index >= 15 is 0 Å². The van der Waals surface area contributed by atoms with E-state index in [4.69, 9.17) is 4.74 Å². The number of benzene rings is 1. The van der Waals surface area contributed by atoms with E-state index in [0.717, 1.165) is 42.8 Å². The van der Waals surface area contributed by atoms with Gasteiger partial charge in [-0.15, -0.1) is 0 Å². The fourth-order valence-corrected chi connectivity index (χ4v) is 2.94. The highest BCUT2D eigenvalue weighted by Gasteiger charge is 2.30. The summed E-state index contributed by atoms with van der Waals surface area (Å²) in [6, 6.07) is 7.89. The van der Waals surface area contributed by atoms with Crippen molar-refractivity contribution in [2.45, 2.75) is 38.7 Å². The predicted octanol–water partition coefficient (Wildman–Crippen LogP) is 3.24. The zero-order valence-electron chi connectivity index (χ0n) is 13.0. The maximum absolute atomic E-state index is 10.6. The molecule has 0 aromatic heterocycles. The monoisotopic (exact) mass is 289 g/mol. The summed E-state index contributed by atoms with van der Waals surface area (Å²) in [6.45, 7) is 5.67. The van der Waals surface area contributed by atoms with Crippen LogP contribution in [0.3, 0.4) is 0 Å². The Balaban J connectivity index is 1.63. The Bertz CT molecular complexity index is 440. The van der Waals surface area contributed by atoms with Gasteiger partial charge < -0.3 is 9.84 Å². The van der Waals surface area contributed by atoms with Gasteiger partial charge in [0.1, 0.15) is 5.75 Å². The van der Waals surface area contributed by atoms with Crippen LogP contribution in [0.15, 0.2) is 24.3 Å². The van der Waals surface area contributed by atoms with E-state index in [9.17, 15) is 5.11 Å². The molecule has 0 heterocycles. The van der Waals surface area contributed by atoms with Crippen molar-refractivity contribution in [2.24, 2.45) is 11.8 Å². The molecular weight excluding hydrogens is 262 g/mol. The molecule has 0 radical (unpaired) electrons. The van der Waals surface area contributed by atoms with Gasteiger partial charge in [0.05, 0.1) is 12.7 Å². The zero-order valence-corrected chi connectivity index (χ0v) is 13.0. The average molecular weight is 289 g/mol. The molecule has 1 aromatic rings. The van der Waals surface area contributed by atoms with Gasteiger partial charge in [0.15, 0.2) is 0 Å². The lowest BCUT2D eigenvalue weighted by Gasteiger charge is -2.26. The van der Waals surface area contributed by atoms with Crippen molar-refractivity contribution in [2.75, 3.05) is 26.2 Å². The second-order valence-corrected chi connectivity index (χ2v) is 6.59. The minimum absolute atomic E-state index is 0.453. The van der Waals surface area contributed by atoms with Crippen LogP contribution in [0.25, 0.3) is 0 Å². The van der Waals surface area contributed by atoms with Crippen LogP contribution in [0.2, 0.25) is 0 Å². The van der Waals surface area contributed by atoms with Gasteiger partial charge in [-0.25, -0.2) is 0 Å². The van der Waals surface area contributed by atoms with Crippen LogP contribution < -0.4 is 4.74 Å². The molecule has 0 amide bonds. The predicted molar refractivity (Wildman–Crippen MR) is 84.5 cm³/mol. The molecule has 2 aliphatic carbocycles. The number of nitrogens with zero attached hydrogens (tertiary/aromatic N) is 1. The van der Waals surface area contributed by atoms with Crippen LogP contribution in [0.4, 0.5) is 0 Å². The van der Waals surface area contributed by atoms with Gasteiger partial charge in [0, 0.05) is 25.2 Å².